The third-order valence-corrected chi connectivity index (χ3v) is 6.31. The summed E-state index contributed by atoms with van der Waals surface area (Å²) in [5.74, 6) is -0.642. The van der Waals surface area contributed by atoms with E-state index in [4.69, 9.17) is 5.73 Å². The number of carbonyl (C=O) groups is 1. The first-order valence-electron chi connectivity index (χ1n) is 9.90. The van der Waals surface area contributed by atoms with E-state index in [1.54, 1.807) is 0 Å². The Morgan fingerprint density at radius 1 is 1.06 bits per heavy atom. The smallest absolute Gasteiger partial charge is 0.397 e. The monoisotopic (exact) mass is 455 g/mol. The van der Waals surface area contributed by atoms with Crippen molar-refractivity contribution in [1.29, 1.82) is 0 Å². The fourth-order valence-electron chi connectivity index (χ4n) is 3.71. The van der Waals surface area contributed by atoms with Crippen LogP contribution in [0.1, 0.15) is 38.0 Å². The molecule has 32 heavy (non-hydrogen) atoms. The van der Waals surface area contributed by atoms with E-state index in [0.29, 0.717) is 0 Å². The Bertz CT molecular complexity index is 1210. The quantitative estimate of drug-likeness (QED) is 0.402. The van der Waals surface area contributed by atoms with Gasteiger partial charge in [-0.2, -0.15) is 13.2 Å². The van der Waals surface area contributed by atoms with Crippen molar-refractivity contribution >= 4 is 33.1 Å². The average molecular weight is 456 g/mol. The Morgan fingerprint density at radius 3 is 2.16 bits per heavy atom. The number of carbonyl (C=O) groups excluding carboxylic acids is 1. The van der Waals surface area contributed by atoms with E-state index < -0.39 is 17.6 Å². The van der Waals surface area contributed by atoms with Gasteiger partial charge < -0.3 is 11.1 Å². The predicted molar refractivity (Wildman–Crippen MR) is 121 cm³/mol. The van der Waals surface area contributed by atoms with E-state index in [0.717, 1.165) is 28.5 Å². The number of rotatable bonds is 5. The van der Waals surface area contributed by atoms with Crippen LogP contribution in [0.15, 0.2) is 66.7 Å². The number of benzene rings is 2. The molecule has 2 aromatic heterocycles. The van der Waals surface area contributed by atoms with Gasteiger partial charge in [0.05, 0.1) is 11.3 Å². The molecular formula is C24H20F3N3OS. The summed E-state index contributed by atoms with van der Waals surface area (Å²) in [6.07, 6.45) is -4.60. The van der Waals surface area contributed by atoms with Crippen molar-refractivity contribution in [3.8, 4) is 0 Å². The Balaban J connectivity index is 1.66. The molecule has 0 aliphatic heterocycles. The number of amides is 1. The predicted octanol–water partition coefficient (Wildman–Crippen LogP) is 5.77. The molecule has 0 unspecified atom stereocenters. The van der Waals surface area contributed by atoms with Gasteiger partial charge in [-0.15, -0.1) is 11.3 Å². The lowest BCUT2D eigenvalue weighted by atomic mass is 9.91. The molecule has 0 saturated carbocycles. The van der Waals surface area contributed by atoms with Crippen molar-refractivity contribution in [2.75, 3.05) is 12.3 Å². The number of nitrogens with one attached hydrogen (secondary N) is 1. The Morgan fingerprint density at radius 2 is 1.62 bits per heavy atom. The van der Waals surface area contributed by atoms with Crippen LogP contribution in [0.2, 0.25) is 0 Å². The molecule has 0 spiro atoms. The van der Waals surface area contributed by atoms with Gasteiger partial charge in [-0.3, -0.25) is 4.79 Å². The fraction of sp³-hybridized carbons (Fsp3) is 0.167. The van der Waals surface area contributed by atoms with Crippen LogP contribution in [0, 0.1) is 6.92 Å². The van der Waals surface area contributed by atoms with Gasteiger partial charge in [0.25, 0.3) is 5.91 Å². The van der Waals surface area contributed by atoms with Crippen LogP contribution < -0.4 is 11.1 Å². The fourth-order valence-corrected chi connectivity index (χ4v) is 4.79. The summed E-state index contributed by atoms with van der Waals surface area (Å²) in [4.78, 5) is 17.3. The highest BCUT2D eigenvalue weighted by Crippen LogP contribution is 2.42. The summed E-state index contributed by atoms with van der Waals surface area (Å²) >= 11 is 0.872. The van der Waals surface area contributed by atoms with Crippen LogP contribution in [0.3, 0.4) is 0 Å². The van der Waals surface area contributed by atoms with Gasteiger partial charge in [0, 0.05) is 23.5 Å². The Kier molecular flexibility index (Phi) is 5.88. The van der Waals surface area contributed by atoms with E-state index in [-0.39, 0.29) is 38.9 Å². The van der Waals surface area contributed by atoms with Gasteiger partial charge >= 0.3 is 6.18 Å². The van der Waals surface area contributed by atoms with Gasteiger partial charge in [-0.1, -0.05) is 60.7 Å². The number of nitrogens with zero attached hydrogens (tertiary/aromatic N) is 1. The van der Waals surface area contributed by atoms with Crippen LogP contribution >= 0.6 is 11.3 Å². The molecule has 0 aliphatic rings. The molecule has 4 rings (SSSR count). The van der Waals surface area contributed by atoms with Crippen molar-refractivity contribution in [1.82, 2.24) is 10.3 Å². The van der Waals surface area contributed by atoms with Gasteiger partial charge in [-0.25, -0.2) is 4.98 Å². The molecule has 4 nitrogen and oxygen atoms in total. The molecule has 0 atom stereocenters. The number of fused-ring (bicyclic) bond motifs is 1. The zero-order valence-electron chi connectivity index (χ0n) is 17.1. The lowest BCUT2D eigenvalue weighted by Crippen LogP contribution is -2.28. The number of halogens is 3. The maximum Gasteiger partial charge on any atom is 0.417 e. The maximum absolute atomic E-state index is 13.5. The second-order valence-corrected chi connectivity index (χ2v) is 8.42. The number of hydrogen-bond donors (Lipinski definition) is 2. The maximum atomic E-state index is 13.5. The standard InChI is InChI=1S/C24H20F3N3OS/c1-14-12-18(24(25,26)27)19-20(28)21(32-23(19)30-14)22(31)29-13-17(15-8-4-2-5-9-15)16-10-6-3-7-11-16/h2-12,17H,13,28H2,1H3,(H,29,31). The number of aryl methyl sites for hydroxylation is 1. The molecular weight excluding hydrogens is 435 g/mol. The first-order chi connectivity index (χ1) is 15.3. The number of aromatic nitrogens is 1. The number of pyridine rings is 1. The Labute approximate surface area is 186 Å². The minimum absolute atomic E-state index is 0.0310. The van der Waals surface area contributed by atoms with Crippen molar-refractivity contribution in [2.45, 2.75) is 19.0 Å². The third-order valence-electron chi connectivity index (χ3n) is 5.21. The SMILES string of the molecule is Cc1cc(C(F)(F)F)c2c(N)c(C(=O)NCC(c3ccccc3)c3ccccc3)sc2n1. The number of nitrogen functional groups attached to an aromatic ring is 1. The molecule has 8 heteroatoms. The summed E-state index contributed by atoms with van der Waals surface area (Å²) in [6, 6.07) is 20.3. The molecule has 2 aromatic carbocycles. The van der Waals surface area contributed by atoms with Crippen molar-refractivity contribution in [2.24, 2.45) is 0 Å². The summed E-state index contributed by atoms with van der Waals surface area (Å²) < 4.78 is 40.6. The van der Waals surface area contributed by atoms with Crippen molar-refractivity contribution in [3.05, 3.63) is 94.0 Å². The van der Waals surface area contributed by atoms with Crippen LogP contribution in [0.4, 0.5) is 18.9 Å². The van der Waals surface area contributed by atoms with Gasteiger partial charge in [0.15, 0.2) is 0 Å². The second-order valence-electron chi connectivity index (χ2n) is 7.42. The summed E-state index contributed by atoms with van der Waals surface area (Å²) in [7, 11) is 0. The molecule has 164 valence electrons. The van der Waals surface area contributed by atoms with E-state index >= 15 is 0 Å². The van der Waals surface area contributed by atoms with E-state index in [2.05, 4.69) is 10.3 Å². The minimum Gasteiger partial charge on any atom is -0.397 e. The van der Waals surface area contributed by atoms with E-state index in [9.17, 15) is 18.0 Å². The number of nitrogens with two attached hydrogens (primary N) is 1. The molecule has 0 bridgehead atoms. The third kappa shape index (κ3) is 4.31. The van der Waals surface area contributed by atoms with E-state index in [1.165, 1.54) is 6.92 Å². The highest BCUT2D eigenvalue weighted by Gasteiger charge is 2.36. The molecule has 0 saturated heterocycles. The van der Waals surface area contributed by atoms with Gasteiger partial charge in [0.1, 0.15) is 9.71 Å². The Hall–Kier alpha value is -3.39. The first kappa shape index (κ1) is 21.8. The minimum atomic E-state index is -4.60. The number of anilines is 1. The van der Waals surface area contributed by atoms with Crippen LogP contribution in [0.25, 0.3) is 10.2 Å². The van der Waals surface area contributed by atoms with Crippen LogP contribution in [-0.4, -0.2) is 17.4 Å². The average Bonchev–Trinajstić information content (AvgIpc) is 3.10. The molecule has 4 aromatic rings. The molecule has 2 heterocycles. The number of alkyl halides is 3. The topological polar surface area (TPSA) is 68.0 Å². The van der Waals surface area contributed by atoms with E-state index in [1.807, 2.05) is 60.7 Å². The highest BCUT2D eigenvalue weighted by atomic mass is 32.1. The van der Waals surface area contributed by atoms with Gasteiger partial charge in [0.2, 0.25) is 0 Å². The van der Waals surface area contributed by atoms with Crippen molar-refractivity contribution in [3.63, 3.8) is 0 Å². The molecule has 3 N–H and O–H groups in total. The first-order valence-corrected chi connectivity index (χ1v) is 10.7. The van der Waals surface area contributed by atoms with Crippen molar-refractivity contribution < 1.29 is 18.0 Å². The lowest BCUT2D eigenvalue weighted by molar-refractivity contribution is -0.136. The molecule has 1 amide bonds. The van der Waals surface area contributed by atoms with Crippen LogP contribution in [0.5, 0.6) is 0 Å². The molecule has 0 radical (unpaired) electrons. The summed E-state index contributed by atoms with van der Waals surface area (Å²) in [5.41, 5.74) is 7.20. The number of hydrogen-bond acceptors (Lipinski definition) is 4. The molecule has 0 fully saturated rings. The highest BCUT2D eigenvalue weighted by molar-refractivity contribution is 7.21. The summed E-state index contributed by atoms with van der Waals surface area (Å²) in [6.45, 7) is 1.74. The zero-order chi connectivity index (χ0) is 22.9. The van der Waals surface area contributed by atoms with Gasteiger partial charge in [-0.05, 0) is 24.1 Å². The number of thiophene rings is 1. The second kappa shape index (κ2) is 8.63. The zero-order valence-corrected chi connectivity index (χ0v) is 17.9. The largest absolute Gasteiger partial charge is 0.417 e. The van der Waals surface area contributed by atoms with Crippen LogP contribution in [-0.2, 0) is 6.18 Å². The lowest BCUT2D eigenvalue weighted by Gasteiger charge is -2.18. The normalized spacial score (nSPS) is 11.8. The molecule has 0 aliphatic carbocycles. The summed E-state index contributed by atoms with van der Waals surface area (Å²) in [5, 5.41) is 2.63.